The van der Waals surface area contributed by atoms with Crippen molar-refractivity contribution in [3.8, 4) is 0 Å². The van der Waals surface area contributed by atoms with Crippen molar-refractivity contribution >= 4 is 17.4 Å². The first-order chi connectivity index (χ1) is 9.99. The van der Waals surface area contributed by atoms with Gasteiger partial charge >= 0.3 is 5.97 Å². The largest absolute Gasteiger partial charge is 0.365 e. The average molecular weight is 287 g/mol. The number of hydrogen-bond donors (Lipinski definition) is 0. The standard InChI is InChI=1S/C14H13N3O4/c1-10(13-7-4-8-16(13)2)15-21-14(18)11-5-3-6-12(9-11)17(19)20/h3-9H,1-2H3/b15-10-. The molecule has 0 atom stereocenters. The molecule has 2 aromatic rings. The lowest BCUT2D eigenvalue weighted by Gasteiger charge is -2.02. The van der Waals surface area contributed by atoms with E-state index in [1.807, 2.05) is 29.9 Å². The first-order valence-electron chi connectivity index (χ1n) is 6.11. The van der Waals surface area contributed by atoms with Crippen LogP contribution in [0.1, 0.15) is 23.0 Å². The van der Waals surface area contributed by atoms with Crippen LogP contribution in [0.3, 0.4) is 0 Å². The summed E-state index contributed by atoms with van der Waals surface area (Å²) in [5.41, 5.74) is 1.24. The highest BCUT2D eigenvalue weighted by atomic mass is 16.7. The van der Waals surface area contributed by atoms with Gasteiger partial charge in [-0.05, 0) is 25.1 Å². The number of nitrogens with zero attached hydrogens (tertiary/aromatic N) is 3. The summed E-state index contributed by atoms with van der Waals surface area (Å²) in [5.74, 6) is -0.743. The van der Waals surface area contributed by atoms with Crippen molar-refractivity contribution in [2.45, 2.75) is 6.92 Å². The van der Waals surface area contributed by atoms with Crippen molar-refractivity contribution in [1.29, 1.82) is 0 Å². The first kappa shape index (κ1) is 14.4. The number of carbonyl (C=O) groups is 1. The second kappa shape index (κ2) is 6.00. The summed E-state index contributed by atoms with van der Waals surface area (Å²) in [7, 11) is 1.84. The minimum Gasteiger partial charge on any atom is -0.349 e. The smallest absolute Gasteiger partial charge is 0.349 e. The molecular weight excluding hydrogens is 274 g/mol. The van der Waals surface area contributed by atoms with Crippen molar-refractivity contribution in [2.24, 2.45) is 12.2 Å². The maximum atomic E-state index is 11.8. The normalized spacial score (nSPS) is 11.2. The van der Waals surface area contributed by atoms with Gasteiger partial charge < -0.3 is 9.40 Å². The van der Waals surface area contributed by atoms with Crippen LogP contribution in [0, 0.1) is 10.1 Å². The lowest BCUT2D eigenvalue weighted by atomic mass is 10.2. The zero-order chi connectivity index (χ0) is 15.4. The van der Waals surface area contributed by atoms with E-state index in [9.17, 15) is 14.9 Å². The molecule has 7 nitrogen and oxygen atoms in total. The summed E-state index contributed by atoms with van der Waals surface area (Å²) in [6, 6.07) is 8.98. The Morgan fingerprint density at radius 1 is 1.33 bits per heavy atom. The minimum atomic E-state index is -0.743. The van der Waals surface area contributed by atoms with Crippen LogP contribution < -0.4 is 0 Å². The Labute approximate surface area is 120 Å². The minimum absolute atomic E-state index is 0.0765. The molecule has 0 fully saturated rings. The molecule has 1 heterocycles. The zero-order valence-corrected chi connectivity index (χ0v) is 11.5. The summed E-state index contributed by atoms with van der Waals surface area (Å²) in [6.07, 6.45) is 1.84. The molecule has 0 aliphatic carbocycles. The molecule has 1 aromatic heterocycles. The van der Waals surface area contributed by atoms with Crippen molar-refractivity contribution in [3.63, 3.8) is 0 Å². The van der Waals surface area contributed by atoms with Gasteiger partial charge in [-0.2, -0.15) is 0 Å². The molecule has 2 rings (SSSR count). The number of oxime groups is 1. The van der Waals surface area contributed by atoms with E-state index < -0.39 is 10.9 Å². The molecule has 0 saturated carbocycles. The molecule has 0 bridgehead atoms. The van der Waals surface area contributed by atoms with Gasteiger partial charge in [0, 0.05) is 25.4 Å². The zero-order valence-electron chi connectivity index (χ0n) is 11.5. The Balaban J connectivity index is 2.13. The highest BCUT2D eigenvalue weighted by Gasteiger charge is 2.13. The lowest BCUT2D eigenvalue weighted by molar-refractivity contribution is -0.384. The predicted octanol–water partition coefficient (Wildman–Crippen LogP) is 2.51. The van der Waals surface area contributed by atoms with Gasteiger partial charge in [0.1, 0.15) is 5.71 Å². The summed E-state index contributed by atoms with van der Waals surface area (Å²) in [5, 5.41) is 14.4. The van der Waals surface area contributed by atoms with E-state index in [0.717, 1.165) is 11.8 Å². The third-order valence-electron chi connectivity index (χ3n) is 2.87. The number of non-ortho nitro benzene ring substituents is 1. The highest BCUT2D eigenvalue weighted by molar-refractivity contribution is 5.98. The Hall–Kier alpha value is -2.96. The number of carbonyl (C=O) groups excluding carboxylic acids is 1. The molecular formula is C14H13N3O4. The summed E-state index contributed by atoms with van der Waals surface area (Å²) < 4.78 is 1.83. The summed E-state index contributed by atoms with van der Waals surface area (Å²) >= 11 is 0. The Kier molecular flexibility index (Phi) is 4.13. The third kappa shape index (κ3) is 3.33. The average Bonchev–Trinajstić information content (AvgIpc) is 2.90. The number of rotatable bonds is 4. The number of aryl methyl sites for hydroxylation is 1. The number of aromatic nitrogens is 1. The fraction of sp³-hybridized carbons (Fsp3) is 0.143. The second-order valence-corrected chi connectivity index (χ2v) is 4.37. The monoisotopic (exact) mass is 287 g/mol. The van der Waals surface area contributed by atoms with Crippen LogP contribution in [-0.2, 0) is 11.9 Å². The van der Waals surface area contributed by atoms with Gasteiger partial charge in [0.2, 0.25) is 0 Å². The Bertz CT molecular complexity index is 719. The third-order valence-corrected chi connectivity index (χ3v) is 2.87. The quantitative estimate of drug-likeness (QED) is 0.374. The van der Waals surface area contributed by atoms with Gasteiger partial charge in [0.15, 0.2) is 0 Å². The Morgan fingerprint density at radius 2 is 2.10 bits per heavy atom. The van der Waals surface area contributed by atoms with E-state index in [-0.39, 0.29) is 11.3 Å². The fourth-order valence-electron chi connectivity index (χ4n) is 1.79. The number of benzene rings is 1. The van der Waals surface area contributed by atoms with Gasteiger partial charge in [-0.1, -0.05) is 11.2 Å². The number of nitro groups is 1. The fourth-order valence-corrected chi connectivity index (χ4v) is 1.79. The summed E-state index contributed by atoms with van der Waals surface area (Å²) in [6.45, 7) is 1.70. The molecule has 21 heavy (non-hydrogen) atoms. The van der Waals surface area contributed by atoms with E-state index in [2.05, 4.69) is 5.16 Å². The molecule has 108 valence electrons. The molecule has 0 saturated heterocycles. The van der Waals surface area contributed by atoms with Crippen LogP contribution in [0.4, 0.5) is 5.69 Å². The van der Waals surface area contributed by atoms with E-state index >= 15 is 0 Å². The van der Waals surface area contributed by atoms with Crippen LogP contribution in [0.15, 0.2) is 47.8 Å². The van der Waals surface area contributed by atoms with E-state index in [1.165, 1.54) is 18.2 Å². The Morgan fingerprint density at radius 3 is 2.71 bits per heavy atom. The first-order valence-corrected chi connectivity index (χ1v) is 6.11. The van der Waals surface area contributed by atoms with E-state index in [1.54, 1.807) is 6.92 Å². The molecule has 0 aliphatic rings. The molecule has 0 spiro atoms. The lowest BCUT2D eigenvalue weighted by Crippen LogP contribution is -2.07. The molecule has 0 amide bonds. The van der Waals surface area contributed by atoms with Crippen LogP contribution in [-0.4, -0.2) is 21.2 Å². The second-order valence-electron chi connectivity index (χ2n) is 4.37. The van der Waals surface area contributed by atoms with Crippen molar-refractivity contribution in [3.05, 3.63) is 64.0 Å². The summed E-state index contributed by atoms with van der Waals surface area (Å²) in [4.78, 5) is 26.7. The topological polar surface area (TPSA) is 86.7 Å². The molecule has 0 unspecified atom stereocenters. The van der Waals surface area contributed by atoms with Crippen LogP contribution in [0.25, 0.3) is 0 Å². The van der Waals surface area contributed by atoms with Gasteiger partial charge in [-0.25, -0.2) is 4.79 Å². The maximum absolute atomic E-state index is 11.8. The number of nitro benzene ring substituents is 1. The SMILES string of the molecule is C/C(=N/OC(=O)c1cccc([N+](=O)[O-])c1)c1cccn1C. The molecule has 0 aliphatic heterocycles. The van der Waals surface area contributed by atoms with Gasteiger partial charge in [0.25, 0.3) is 5.69 Å². The highest BCUT2D eigenvalue weighted by Crippen LogP contribution is 2.14. The van der Waals surface area contributed by atoms with Crippen LogP contribution in [0.2, 0.25) is 0 Å². The predicted molar refractivity (Wildman–Crippen MR) is 76.1 cm³/mol. The molecule has 1 aromatic carbocycles. The van der Waals surface area contributed by atoms with Crippen molar-refractivity contribution in [1.82, 2.24) is 4.57 Å². The van der Waals surface area contributed by atoms with Gasteiger partial charge in [-0.15, -0.1) is 0 Å². The van der Waals surface area contributed by atoms with Crippen LogP contribution in [0.5, 0.6) is 0 Å². The van der Waals surface area contributed by atoms with Gasteiger partial charge in [-0.3, -0.25) is 10.1 Å². The van der Waals surface area contributed by atoms with E-state index in [4.69, 9.17) is 4.84 Å². The molecule has 0 radical (unpaired) electrons. The van der Waals surface area contributed by atoms with Crippen LogP contribution >= 0.6 is 0 Å². The van der Waals surface area contributed by atoms with E-state index in [0.29, 0.717) is 5.71 Å². The van der Waals surface area contributed by atoms with Crippen molar-refractivity contribution in [2.75, 3.05) is 0 Å². The van der Waals surface area contributed by atoms with Crippen molar-refractivity contribution < 1.29 is 14.6 Å². The van der Waals surface area contributed by atoms with Gasteiger partial charge in [0.05, 0.1) is 16.2 Å². The number of hydrogen-bond acceptors (Lipinski definition) is 5. The molecule has 7 heteroatoms. The maximum Gasteiger partial charge on any atom is 0.365 e. The molecule has 0 N–H and O–H groups in total.